The van der Waals surface area contributed by atoms with Gasteiger partial charge >= 0.3 is 0 Å². The van der Waals surface area contributed by atoms with E-state index in [-0.39, 0.29) is 17.0 Å². The van der Waals surface area contributed by atoms with Crippen LogP contribution in [0, 0.1) is 3.57 Å². The van der Waals surface area contributed by atoms with Crippen LogP contribution < -0.4 is 5.32 Å². The number of rotatable bonds is 2. The molecule has 0 saturated heterocycles. The van der Waals surface area contributed by atoms with Crippen molar-refractivity contribution in [2.45, 2.75) is 0 Å². The van der Waals surface area contributed by atoms with Crippen molar-refractivity contribution in [2.75, 3.05) is 5.32 Å². The summed E-state index contributed by atoms with van der Waals surface area (Å²) in [6.07, 6.45) is 1.49. The Hall–Kier alpha value is -1.21. The second kappa shape index (κ2) is 5.42. The lowest BCUT2D eigenvalue weighted by Crippen LogP contribution is -2.15. The smallest absolute Gasteiger partial charge is 0.259 e. The number of amides is 1. The van der Waals surface area contributed by atoms with E-state index in [1.54, 1.807) is 18.2 Å². The van der Waals surface area contributed by atoms with Gasteiger partial charge in [0.25, 0.3) is 5.91 Å². The van der Waals surface area contributed by atoms with Crippen LogP contribution in [0.4, 0.5) is 5.95 Å². The Balaban J connectivity index is 2.20. The second-order valence-corrected chi connectivity index (χ2v) is 4.69. The molecule has 0 aliphatic carbocycles. The molecule has 1 amide bonds. The number of benzene rings is 1. The third-order valence-electron chi connectivity index (χ3n) is 1.97. The zero-order valence-corrected chi connectivity index (χ0v) is 11.4. The van der Waals surface area contributed by atoms with Crippen LogP contribution in [0.1, 0.15) is 10.4 Å². The van der Waals surface area contributed by atoms with Gasteiger partial charge in [0.05, 0.1) is 5.56 Å². The lowest BCUT2D eigenvalue weighted by Gasteiger charge is -2.05. The van der Waals surface area contributed by atoms with Gasteiger partial charge in [-0.1, -0.05) is 23.7 Å². The van der Waals surface area contributed by atoms with E-state index < -0.39 is 0 Å². The molecule has 1 N–H and O–H groups in total. The van der Waals surface area contributed by atoms with E-state index in [4.69, 9.17) is 11.6 Å². The van der Waals surface area contributed by atoms with Gasteiger partial charge in [-0.25, -0.2) is 9.97 Å². The first-order valence-corrected chi connectivity index (χ1v) is 6.17. The summed E-state index contributed by atoms with van der Waals surface area (Å²) >= 11 is 7.80. The molecule has 0 aliphatic heterocycles. The first kappa shape index (κ1) is 12.3. The highest BCUT2D eigenvalue weighted by Gasteiger charge is 2.10. The summed E-state index contributed by atoms with van der Waals surface area (Å²) in [5, 5.41) is 2.88. The molecular weight excluding hydrogens is 352 g/mol. The summed E-state index contributed by atoms with van der Waals surface area (Å²) in [4.78, 5) is 19.7. The van der Waals surface area contributed by atoms with Gasteiger partial charge < -0.3 is 0 Å². The summed E-state index contributed by atoms with van der Waals surface area (Å²) in [5.74, 6) is -0.0561. The second-order valence-electron chi connectivity index (χ2n) is 3.14. The summed E-state index contributed by atoms with van der Waals surface area (Å²) in [6.45, 7) is 0. The molecule has 0 fully saturated rings. The highest BCUT2D eigenvalue weighted by molar-refractivity contribution is 14.1. The average molecular weight is 360 g/mol. The molecule has 2 rings (SSSR count). The quantitative estimate of drug-likeness (QED) is 0.662. The van der Waals surface area contributed by atoms with Crippen LogP contribution in [0.5, 0.6) is 0 Å². The van der Waals surface area contributed by atoms with Crippen molar-refractivity contribution in [3.05, 3.63) is 50.8 Å². The van der Waals surface area contributed by atoms with Gasteiger partial charge in [0.2, 0.25) is 5.95 Å². The summed E-state index contributed by atoms with van der Waals surface area (Å²) in [5.41, 5.74) is 0.580. The van der Waals surface area contributed by atoms with Crippen molar-refractivity contribution in [1.29, 1.82) is 0 Å². The number of hydrogen-bond donors (Lipinski definition) is 1. The zero-order chi connectivity index (χ0) is 12.3. The fraction of sp³-hybridized carbons (Fsp3) is 0. The lowest BCUT2D eigenvalue weighted by atomic mass is 10.2. The number of carbonyl (C=O) groups is 1. The molecule has 17 heavy (non-hydrogen) atoms. The number of hydrogen-bond acceptors (Lipinski definition) is 3. The van der Waals surface area contributed by atoms with Gasteiger partial charge in [-0.05, 0) is 40.8 Å². The van der Waals surface area contributed by atoms with Gasteiger partial charge in [0.1, 0.15) is 5.15 Å². The number of halogens is 2. The van der Waals surface area contributed by atoms with E-state index in [1.807, 2.05) is 12.1 Å². The number of anilines is 1. The molecule has 86 valence electrons. The van der Waals surface area contributed by atoms with Crippen LogP contribution in [-0.4, -0.2) is 15.9 Å². The Morgan fingerprint density at radius 1 is 1.29 bits per heavy atom. The van der Waals surface area contributed by atoms with E-state index >= 15 is 0 Å². The number of nitrogens with zero attached hydrogens (tertiary/aromatic N) is 2. The van der Waals surface area contributed by atoms with Crippen molar-refractivity contribution in [3.63, 3.8) is 0 Å². The first-order valence-electron chi connectivity index (χ1n) is 4.71. The molecule has 0 bridgehead atoms. The van der Waals surface area contributed by atoms with Crippen molar-refractivity contribution in [3.8, 4) is 0 Å². The summed E-state index contributed by atoms with van der Waals surface area (Å²) in [7, 11) is 0. The van der Waals surface area contributed by atoms with Crippen LogP contribution in [0.15, 0.2) is 36.5 Å². The minimum absolute atomic E-state index is 0.196. The minimum Gasteiger partial charge on any atom is -0.290 e. The van der Waals surface area contributed by atoms with Crippen LogP contribution in [0.3, 0.4) is 0 Å². The summed E-state index contributed by atoms with van der Waals surface area (Å²) < 4.78 is 0.865. The predicted molar refractivity (Wildman–Crippen MR) is 74.2 cm³/mol. The molecule has 1 aromatic carbocycles. The molecule has 0 saturated carbocycles. The molecule has 0 radical (unpaired) electrons. The van der Waals surface area contributed by atoms with Crippen molar-refractivity contribution < 1.29 is 4.79 Å². The maximum atomic E-state index is 11.9. The van der Waals surface area contributed by atoms with Gasteiger partial charge in [-0.3, -0.25) is 10.1 Å². The first-order chi connectivity index (χ1) is 8.16. The SMILES string of the molecule is O=C(Nc1nccc(Cl)n1)c1ccccc1I. The van der Waals surface area contributed by atoms with E-state index in [0.29, 0.717) is 5.56 Å². The van der Waals surface area contributed by atoms with Crippen LogP contribution >= 0.6 is 34.2 Å². The molecule has 0 atom stereocenters. The monoisotopic (exact) mass is 359 g/mol. The van der Waals surface area contributed by atoms with Crippen LogP contribution in [0.25, 0.3) is 0 Å². The Kier molecular flexibility index (Phi) is 3.90. The normalized spacial score (nSPS) is 10.0. The van der Waals surface area contributed by atoms with Crippen molar-refractivity contribution >= 4 is 46.0 Å². The molecule has 0 unspecified atom stereocenters. The zero-order valence-electron chi connectivity index (χ0n) is 8.52. The predicted octanol–water partition coefficient (Wildman–Crippen LogP) is 2.99. The van der Waals surface area contributed by atoms with Crippen molar-refractivity contribution in [1.82, 2.24) is 9.97 Å². The average Bonchev–Trinajstić information content (AvgIpc) is 2.29. The molecule has 4 nitrogen and oxygen atoms in total. The number of nitrogens with one attached hydrogen (secondary N) is 1. The Morgan fingerprint density at radius 3 is 2.76 bits per heavy atom. The Morgan fingerprint density at radius 2 is 2.06 bits per heavy atom. The van der Waals surface area contributed by atoms with Gasteiger partial charge in [0, 0.05) is 9.77 Å². The largest absolute Gasteiger partial charge is 0.290 e. The molecule has 1 aromatic heterocycles. The van der Waals surface area contributed by atoms with Crippen LogP contribution in [0.2, 0.25) is 5.15 Å². The minimum atomic E-state index is -0.253. The molecule has 0 aliphatic rings. The number of carbonyl (C=O) groups excluding carboxylic acids is 1. The molecule has 2 aromatic rings. The molecular formula is C11H7ClIN3O. The highest BCUT2D eigenvalue weighted by Crippen LogP contribution is 2.13. The maximum absolute atomic E-state index is 11.9. The van der Waals surface area contributed by atoms with Crippen molar-refractivity contribution in [2.24, 2.45) is 0 Å². The Labute approximate surface area is 117 Å². The number of aromatic nitrogens is 2. The fourth-order valence-electron chi connectivity index (χ4n) is 1.21. The van der Waals surface area contributed by atoms with E-state index in [1.165, 1.54) is 6.20 Å². The fourth-order valence-corrected chi connectivity index (χ4v) is 1.98. The highest BCUT2D eigenvalue weighted by atomic mass is 127. The van der Waals surface area contributed by atoms with E-state index in [0.717, 1.165) is 3.57 Å². The van der Waals surface area contributed by atoms with Gasteiger partial charge in [-0.15, -0.1) is 0 Å². The van der Waals surface area contributed by atoms with Gasteiger partial charge in [-0.2, -0.15) is 0 Å². The Bertz CT molecular complexity index is 562. The standard InChI is InChI=1S/C11H7ClIN3O/c12-9-5-6-14-11(15-9)16-10(17)7-3-1-2-4-8(7)13/h1-6H,(H,14,15,16,17). The third kappa shape index (κ3) is 3.13. The molecule has 0 spiro atoms. The topological polar surface area (TPSA) is 54.9 Å². The van der Waals surface area contributed by atoms with E-state index in [9.17, 15) is 4.79 Å². The third-order valence-corrected chi connectivity index (χ3v) is 3.12. The maximum Gasteiger partial charge on any atom is 0.259 e. The summed E-state index contributed by atoms with van der Waals surface area (Å²) in [6, 6.07) is 8.81. The molecule has 6 heteroatoms. The van der Waals surface area contributed by atoms with Gasteiger partial charge in [0.15, 0.2) is 0 Å². The van der Waals surface area contributed by atoms with E-state index in [2.05, 4.69) is 37.9 Å². The lowest BCUT2D eigenvalue weighted by molar-refractivity contribution is 0.102. The molecule has 1 heterocycles. The van der Waals surface area contributed by atoms with Crippen LogP contribution in [-0.2, 0) is 0 Å².